The SMILES string of the molecule is CCN(CC)S(=O)(=O)c1ccc(C(=O)O[C@H](C)C(=O)N2CCCCC2)cc1. The summed E-state index contributed by atoms with van der Waals surface area (Å²) in [5.74, 6) is -0.830. The maximum Gasteiger partial charge on any atom is 0.338 e. The number of carbonyl (C=O) groups is 2. The first-order valence-electron chi connectivity index (χ1n) is 9.41. The summed E-state index contributed by atoms with van der Waals surface area (Å²) in [6.07, 6.45) is 2.18. The lowest BCUT2D eigenvalue weighted by atomic mass is 10.1. The van der Waals surface area contributed by atoms with Crippen molar-refractivity contribution < 1.29 is 22.7 Å². The topological polar surface area (TPSA) is 84.0 Å². The molecule has 27 heavy (non-hydrogen) atoms. The van der Waals surface area contributed by atoms with E-state index in [-0.39, 0.29) is 16.4 Å². The van der Waals surface area contributed by atoms with Crippen molar-refractivity contribution in [1.82, 2.24) is 9.21 Å². The van der Waals surface area contributed by atoms with Crippen molar-refractivity contribution in [3.8, 4) is 0 Å². The lowest BCUT2D eigenvalue weighted by Gasteiger charge is -2.28. The van der Waals surface area contributed by atoms with Gasteiger partial charge in [0.15, 0.2) is 6.10 Å². The number of hydrogen-bond acceptors (Lipinski definition) is 5. The zero-order valence-electron chi connectivity index (χ0n) is 16.2. The molecule has 0 radical (unpaired) electrons. The van der Waals surface area contributed by atoms with E-state index >= 15 is 0 Å². The van der Waals surface area contributed by atoms with Crippen LogP contribution in [-0.2, 0) is 19.6 Å². The van der Waals surface area contributed by atoms with E-state index in [4.69, 9.17) is 4.74 Å². The Bertz CT molecular complexity index is 751. The van der Waals surface area contributed by atoms with Crippen LogP contribution in [0.2, 0.25) is 0 Å². The van der Waals surface area contributed by atoms with Crippen molar-refractivity contribution >= 4 is 21.9 Å². The number of hydrogen-bond donors (Lipinski definition) is 0. The maximum absolute atomic E-state index is 12.5. The zero-order chi connectivity index (χ0) is 20.0. The number of benzene rings is 1. The number of likely N-dealkylation sites (tertiary alicyclic amines) is 1. The van der Waals surface area contributed by atoms with Gasteiger partial charge in [-0.25, -0.2) is 13.2 Å². The summed E-state index contributed by atoms with van der Waals surface area (Å²) in [6, 6.07) is 5.61. The molecule has 7 nitrogen and oxygen atoms in total. The van der Waals surface area contributed by atoms with E-state index in [1.807, 2.05) is 0 Å². The highest BCUT2D eigenvalue weighted by atomic mass is 32.2. The van der Waals surface area contributed by atoms with Gasteiger partial charge < -0.3 is 9.64 Å². The molecule has 1 aliphatic rings. The molecule has 0 saturated carbocycles. The van der Waals surface area contributed by atoms with Crippen molar-refractivity contribution in [3.63, 3.8) is 0 Å². The van der Waals surface area contributed by atoms with Gasteiger partial charge in [0.25, 0.3) is 5.91 Å². The van der Waals surface area contributed by atoms with E-state index in [1.54, 1.807) is 25.7 Å². The van der Waals surface area contributed by atoms with Gasteiger partial charge in [0.05, 0.1) is 10.5 Å². The number of piperidine rings is 1. The summed E-state index contributed by atoms with van der Waals surface area (Å²) < 4.78 is 31.6. The first-order chi connectivity index (χ1) is 12.8. The Balaban J connectivity index is 2.03. The summed E-state index contributed by atoms with van der Waals surface area (Å²) in [4.78, 5) is 26.5. The first-order valence-corrected chi connectivity index (χ1v) is 10.8. The number of esters is 1. The largest absolute Gasteiger partial charge is 0.449 e. The molecule has 0 aliphatic carbocycles. The minimum atomic E-state index is -3.57. The highest BCUT2D eigenvalue weighted by molar-refractivity contribution is 7.89. The van der Waals surface area contributed by atoms with E-state index in [0.717, 1.165) is 19.3 Å². The molecular formula is C19H28N2O5S. The van der Waals surface area contributed by atoms with Gasteiger partial charge in [-0.05, 0) is 50.5 Å². The van der Waals surface area contributed by atoms with E-state index in [2.05, 4.69) is 0 Å². The second-order valence-electron chi connectivity index (χ2n) is 6.55. The number of nitrogens with zero attached hydrogens (tertiary/aromatic N) is 2. The minimum absolute atomic E-state index is 0.125. The normalized spacial score (nSPS) is 16.2. The van der Waals surface area contributed by atoms with Crippen molar-refractivity contribution in [3.05, 3.63) is 29.8 Å². The molecule has 1 aromatic rings. The van der Waals surface area contributed by atoms with Crippen LogP contribution in [0.3, 0.4) is 0 Å². The van der Waals surface area contributed by atoms with Crippen LogP contribution < -0.4 is 0 Å². The third-order valence-corrected chi connectivity index (χ3v) is 6.80. The molecule has 0 aromatic heterocycles. The molecule has 1 aliphatic heterocycles. The summed E-state index contributed by atoms with van der Waals surface area (Å²) >= 11 is 0. The monoisotopic (exact) mass is 396 g/mol. The molecule has 1 heterocycles. The van der Waals surface area contributed by atoms with Gasteiger partial charge in [-0.3, -0.25) is 4.79 Å². The second-order valence-corrected chi connectivity index (χ2v) is 8.49. The third kappa shape index (κ3) is 5.07. The average Bonchev–Trinajstić information content (AvgIpc) is 2.68. The Morgan fingerprint density at radius 2 is 1.63 bits per heavy atom. The molecule has 0 unspecified atom stereocenters. The van der Waals surface area contributed by atoms with E-state index in [0.29, 0.717) is 26.2 Å². The fourth-order valence-corrected chi connectivity index (χ4v) is 4.58. The highest BCUT2D eigenvalue weighted by Gasteiger charge is 2.26. The fraction of sp³-hybridized carbons (Fsp3) is 0.579. The molecule has 0 bridgehead atoms. The number of rotatable bonds is 7. The predicted octanol–water partition coefficient (Wildman–Crippen LogP) is 2.27. The van der Waals surface area contributed by atoms with Crippen molar-refractivity contribution in [2.75, 3.05) is 26.2 Å². The van der Waals surface area contributed by atoms with Gasteiger partial charge in [0.2, 0.25) is 10.0 Å². The first kappa shape index (κ1) is 21.4. The maximum atomic E-state index is 12.5. The molecular weight excluding hydrogens is 368 g/mol. The second kappa shape index (κ2) is 9.32. The van der Waals surface area contributed by atoms with Gasteiger partial charge in [-0.1, -0.05) is 13.8 Å². The summed E-state index contributed by atoms with van der Waals surface area (Å²) in [6.45, 7) is 7.24. The average molecular weight is 397 g/mol. The van der Waals surface area contributed by atoms with Crippen LogP contribution in [0.4, 0.5) is 0 Å². The van der Waals surface area contributed by atoms with Crippen LogP contribution >= 0.6 is 0 Å². The van der Waals surface area contributed by atoms with Crippen LogP contribution in [0.5, 0.6) is 0 Å². The lowest BCUT2D eigenvalue weighted by molar-refractivity contribution is -0.140. The molecule has 1 atom stereocenters. The summed E-state index contributed by atoms with van der Waals surface area (Å²) in [5.41, 5.74) is 0.215. The van der Waals surface area contributed by atoms with E-state index in [9.17, 15) is 18.0 Å². The molecule has 1 amide bonds. The standard InChI is InChI=1S/C19H28N2O5S/c1-4-21(5-2)27(24,25)17-11-9-16(10-12-17)19(23)26-15(3)18(22)20-13-7-6-8-14-20/h9-12,15H,4-8,13-14H2,1-3H3/t15-/m1/s1. The van der Waals surface area contributed by atoms with E-state index in [1.165, 1.54) is 28.6 Å². The van der Waals surface area contributed by atoms with Gasteiger partial charge in [-0.2, -0.15) is 4.31 Å². The zero-order valence-corrected chi connectivity index (χ0v) is 17.0. The lowest BCUT2D eigenvalue weighted by Crippen LogP contribution is -2.42. The Morgan fingerprint density at radius 3 is 2.15 bits per heavy atom. The van der Waals surface area contributed by atoms with E-state index < -0.39 is 22.1 Å². The molecule has 1 saturated heterocycles. The fourth-order valence-electron chi connectivity index (χ4n) is 3.13. The quantitative estimate of drug-likeness (QED) is 0.660. The Morgan fingerprint density at radius 1 is 1.07 bits per heavy atom. The van der Waals surface area contributed by atoms with Crippen molar-refractivity contribution in [1.29, 1.82) is 0 Å². The Kier molecular flexibility index (Phi) is 7.38. The van der Waals surface area contributed by atoms with Crippen molar-refractivity contribution in [2.24, 2.45) is 0 Å². The van der Waals surface area contributed by atoms with Crippen LogP contribution in [0.1, 0.15) is 50.4 Å². The number of sulfonamides is 1. The summed E-state index contributed by atoms with van der Waals surface area (Å²) in [5, 5.41) is 0. The molecule has 1 aromatic carbocycles. The Labute approximate surface area is 161 Å². The van der Waals surface area contributed by atoms with Crippen LogP contribution in [-0.4, -0.2) is 61.8 Å². The number of ether oxygens (including phenoxy) is 1. The van der Waals surface area contributed by atoms with Gasteiger partial charge in [0.1, 0.15) is 0 Å². The molecule has 2 rings (SSSR count). The highest BCUT2D eigenvalue weighted by Crippen LogP contribution is 2.17. The summed E-state index contributed by atoms with van der Waals surface area (Å²) in [7, 11) is -3.57. The van der Waals surface area contributed by atoms with Gasteiger partial charge >= 0.3 is 5.97 Å². The molecule has 0 spiro atoms. The molecule has 1 fully saturated rings. The van der Waals surface area contributed by atoms with Crippen LogP contribution in [0, 0.1) is 0 Å². The van der Waals surface area contributed by atoms with Crippen LogP contribution in [0.15, 0.2) is 29.2 Å². The smallest absolute Gasteiger partial charge is 0.338 e. The minimum Gasteiger partial charge on any atom is -0.449 e. The predicted molar refractivity (Wildman–Crippen MR) is 102 cm³/mol. The third-order valence-electron chi connectivity index (χ3n) is 4.73. The molecule has 0 N–H and O–H groups in total. The Hall–Kier alpha value is -1.93. The van der Waals surface area contributed by atoms with Crippen LogP contribution in [0.25, 0.3) is 0 Å². The molecule has 150 valence electrons. The number of carbonyl (C=O) groups excluding carboxylic acids is 2. The van der Waals surface area contributed by atoms with Gasteiger partial charge in [0, 0.05) is 26.2 Å². The number of amides is 1. The molecule has 8 heteroatoms. The van der Waals surface area contributed by atoms with Gasteiger partial charge in [-0.15, -0.1) is 0 Å². The van der Waals surface area contributed by atoms with Crippen molar-refractivity contribution in [2.45, 2.75) is 51.0 Å².